The van der Waals surface area contributed by atoms with Gasteiger partial charge in [-0.15, -0.1) is 11.3 Å². The van der Waals surface area contributed by atoms with Gasteiger partial charge < -0.3 is 10.1 Å². The summed E-state index contributed by atoms with van der Waals surface area (Å²) >= 11 is 1.13. The molecular weight excluding hydrogens is 252 g/mol. The second-order valence-electron chi connectivity index (χ2n) is 4.24. The van der Waals surface area contributed by atoms with Crippen LogP contribution in [0.15, 0.2) is 5.38 Å². The molecule has 1 fully saturated rings. The van der Waals surface area contributed by atoms with Crippen LogP contribution < -0.4 is 5.32 Å². The van der Waals surface area contributed by atoms with Crippen molar-refractivity contribution in [1.82, 2.24) is 10.3 Å². The minimum atomic E-state index is -0.473. The first-order chi connectivity index (χ1) is 8.65. The lowest BCUT2D eigenvalue weighted by molar-refractivity contribution is 0.0526. The average molecular weight is 268 g/mol. The number of hydrogen-bond donors (Lipinski definition) is 1. The highest BCUT2D eigenvalue weighted by molar-refractivity contribution is 7.11. The Labute approximate surface area is 110 Å². The lowest BCUT2D eigenvalue weighted by Gasteiger charge is -2.00. The number of ether oxygens (including phenoxy) is 1. The summed E-state index contributed by atoms with van der Waals surface area (Å²) in [7, 11) is 0. The third-order valence-electron chi connectivity index (χ3n) is 2.95. The first-order valence-electron chi connectivity index (χ1n) is 6.09. The van der Waals surface area contributed by atoms with Gasteiger partial charge in [0.05, 0.1) is 6.61 Å². The Bertz CT molecular complexity index is 458. The number of amides is 1. The lowest BCUT2D eigenvalue weighted by atomic mass is 10.3. The van der Waals surface area contributed by atoms with Crippen molar-refractivity contribution in [3.8, 4) is 0 Å². The molecule has 1 aromatic rings. The number of esters is 1. The molecule has 1 amide bonds. The number of carbonyl (C=O) groups excluding carboxylic acids is 2. The molecule has 1 aliphatic carbocycles. The molecule has 0 aliphatic heterocycles. The van der Waals surface area contributed by atoms with Crippen LogP contribution in [-0.4, -0.2) is 29.5 Å². The molecule has 1 aromatic heterocycles. The summed E-state index contributed by atoms with van der Waals surface area (Å²) in [5.74, 6) is -0.0840. The van der Waals surface area contributed by atoms with Gasteiger partial charge >= 0.3 is 5.97 Å². The van der Waals surface area contributed by atoms with Gasteiger partial charge in [-0.25, -0.2) is 9.78 Å². The Morgan fingerprint density at radius 2 is 2.33 bits per heavy atom. The quantitative estimate of drug-likeness (QED) is 0.827. The van der Waals surface area contributed by atoms with Crippen molar-refractivity contribution >= 4 is 23.2 Å². The fraction of sp³-hybridized carbons (Fsp3) is 0.583. The SMILES string of the molecule is CCOC(=O)c1nc(C(=O)NC2CC2CC)cs1. The zero-order valence-corrected chi connectivity index (χ0v) is 11.3. The molecule has 0 aromatic carbocycles. The van der Waals surface area contributed by atoms with Crippen molar-refractivity contribution in [2.75, 3.05) is 6.61 Å². The van der Waals surface area contributed by atoms with Crippen LogP contribution in [0.1, 0.15) is 47.0 Å². The van der Waals surface area contributed by atoms with Crippen molar-refractivity contribution in [2.45, 2.75) is 32.7 Å². The molecule has 18 heavy (non-hydrogen) atoms. The van der Waals surface area contributed by atoms with Crippen LogP contribution in [0.2, 0.25) is 0 Å². The fourth-order valence-electron chi connectivity index (χ4n) is 1.78. The van der Waals surface area contributed by atoms with E-state index < -0.39 is 5.97 Å². The fourth-order valence-corrected chi connectivity index (χ4v) is 2.47. The first kappa shape index (κ1) is 13.0. The van der Waals surface area contributed by atoms with Crippen LogP contribution in [0.3, 0.4) is 0 Å². The van der Waals surface area contributed by atoms with E-state index in [-0.39, 0.29) is 17.0 Å². The third kappa shape index (κ3) is 2.87. The zero-order valence-electron chi connectivity index (χ0n) is 10.4. The summed E-state index contributed by atoms with van der Waals surface area (Å²) in [5, 5.41) is 4.72. The molecule has 1 aliphatic rings. The van der Waals surface area contributed by atoms with Crippen LogP contribution in [0, 0.1) is 5.92 Å². The van der Waals surface area contributed by atoms with Crippen molar-refractivity contribution in [3.63, 3.8) is 0 Å². The maximum atomic E-state index is 11.8. The Morgan fingerprint density at radius 1 is 1.56 bits per heavy atom. The van der Waals surface area contributed by atoms with Crippen LogP contribution in [0.25, 0.3) is 0 Å². The Morgan fingerprint density at radius 3 is 2.94 bits per heavy atom. The highest BCUT2D eigenvalue weighted by atomic mass is 32.1. The van der Waals surface area contributed by atoms with E-state index in [1.54, 1.807) is 12.3 Å². The summed E-state index contributed by atoms with van der Waals surface area (Å²) in [5.41, 5.74) is 0.296. The van der Waals surface area contributed by atoms with Gasteiger partial charge in [0.2, 0.25) is 5.01 Å². The van der Waals surface area contributed by atoms with Crippen LogP contribution in [0.5, 0.6) is 0 Å². The van der Waals surface area contributed by atoms with E-state index in [9.17, 15) is 9.59 Å². The topological polar surface area (TPSA) is 68.3 Å². The van der Waals surface area contributed by atoms with Gasteiger partial charge in [0.1, 0.15) is 5.69 Å². The summed E-state index contributed by atoms with van der Waals surface area (Å²) in [6.45, 7) is 4.15. The van der Waals surface area contributed by atoms with E-state index in [1.807, 2.05) is 0 Å². The molecule has 2 unspecified atom stereocenters. The number of rotatable bonds is 5. The Hall–Kier alpha value is -1.43. The molecule has 0 spiro atoms. The van der Waals surface area contributed by atoms with E-state index in [0.29, 0.717) is 18.2 Å². The first-order valence-corrected chi connectivity index (χ1v) is 6.97. The van der Waals surface area contributed by atoms with Crippen molar-refractivity contribution in [2.24, 2.45) is 5.92 Å². The molecule has 1 N–H and O–H groups in total. The van der Waals surface area contributed by atoms with Crippen molar-refractivity contribution in [3.05, 3.63) is 16.1 Å². The van der Waals surface area contributed by atoms with E-state index in [4.69, 9.17) is 4.74 Å². The number of thiazole rings is 1. The van der Waals surface area contributed by atoms with E-state index >= 15 is 0 Å². The number of carbonyl (C=O) groups is 2. The van der Waals surface area contributed by atoms with Crippen LogP contribution in [-0.2, 0) is 4.74 Å². The summed E-state index contributed by atoms with van der Waals surface area (Å²) in [6.07, 6.45) is 2.12. The Balaban J connectivity index is 1.93. The van der Waals surface area contributed by atoms with Gasteiger partial charge in [-0.2, -0.15) is 0 Å². The van der Waals surface area contributed by atoms with Gasteiger partial charge in [0.15, 0.2) is 0 Å². The van der Waals surface area contributed by atoms with E-state index in [1.165, 1.54) is 0 Å². The van der Waals surface area contributed by atoms with Crippen molar-refractivity contribution in [1.29, 1.82) is 0 Å². The highest BCUT2D eigenvalue weighted by Crippen LogP contribution is 2.33. The molecule has 5 nitrogen and oxygen atoms in total. The molecule has 1 saturated carbocycles. The molecule has 0 saturated heterocycles. The van der Waals surface area contributed by atoms with Crippen LogP contribution >= 0.6 is 11.3 Å². The molecule has 98 valence electrons. The van der Waals surface area contributed by atoms with E-state index in [0.717, 1.165) is 24.2 Å². The predicted molar refractivity (Wildman–Crippen MR) is 67.7 cm³/mol. The van der Waals surface area contributed by atoms with Gasteiger partial charge in [-0.3, -0.25) is 4.79 Å². The maximum Gasteiger partial charge on any atom is 0.367 e. The second kappa shape index (κ2) is 5.48. The minimum Gasteiger partial charge on any atom is -0.461 e. The molecular formula is C12H16N2O3S. The summed E-state index contributed by atoms with van der Waals surface area (Å²) in [6, 6.07) is 0.273. The van der Waals surface area contributed by atoms with E-state index in [2.05, 4.69) is 17.2 Å². The largest absolute Gasteiger partial charge is 0.461 e. The average Bonchev–Trinajstić information content (AvgIpc) is 2.91. The minimum absolute atomic E-state index is 0.206. The molecule has 2 rings (SSSR count). The Kier molecular flexibility index (Phi) is 3.96. The van der Waals surface area contributed by atoms with Crippen molar-refractivity contribution < 1.29 is 14.3 Å². The number of nitrogens with zero attached hydrogens (tertiary/aromatic N) is 1. The molecule has 0 radical (unpaired) electrons. The van der Waals surface area contributed by atoms with Gasteiger partial charge in [-0.05, 0) is 19.3 Å². The normalized spacial score (nSPS) is 21.4. The number of hydrogen-bond acceptors (Lipinski definition) is 5. The molecule has 0 bridgehead atoms. The number of aromatic nitrogens is 1. The van der Waals surface area contributed by atoms with Crippen LogP contribution in [0.4, 0.5) is 0 Å². The smallest absolute Gasteiger partial charge is 0.367 e. The van der Waals surface area contributed by atoms with Gasteiger partial charge in [0.25, 0.3) is 5.91 Å². The molecule has 2 atom stereocenters. The molecule has 1 heterocycles. The standard InChI is InChI=1S/C12H16N2O3S/c1-3-7-5-8(7)13-10(15)9-6-18-11(14-9)12(16)17-4-2/h6-8H,3-5H2,1-2H3,(H,13,15). The van der Waals surface area contributed by atoms with Gasteiger partial charge in [0, 0.05) is 11.4 Å². The highest BCUT2D eigenvalue weighted by Gasteiger charge is 2.36. The zero-order chi connectivity index (χ0) is 13.1. The maximum absolute atomic E-state index is 11.8. The predicted octanol–water partition coefficient (Wildman–Crippen LogP) is 1.85. The molecule has 6 heteroatoms. The summed E-state index contributed by atoms with van der Waals surface area (Å²) < 4.78 is 4.83. The summed E-state index contributed by atoms with van der Waals surface area (Å²) in [4.78, 5) is 27.2. The monoisotopic (exact) mass is 268 g/mol. The lowest BCUT2D eigenvalue weighted by Crippen LogP contribution is -2.27. The van der Waals surface area contributed by atoms with Gasteiger partial charge in [-0.1, -0.05) is 13.3 Å². The third-order valence-corrected chi connectivity index (χ3v) is 3.77. The second-order valence-corrected chi connectivity index (χ2v) is 5.10. The number of nitrogens with one attached hydrogen (secondary N) is 1.